The standard InChI is InChI=1S/C20H9ClF10N2O4S/c21-12-7-11(17(22,18(23,24)25)19(26,27)28)8-14(38(36,37)20(29,30)31)15(12)33(35)16(34)10-4-3-9-2-1-5-32-13(9)6-10/h1-8,35H. The molecule has 1 N–H and O–H groups in total. The van der Waals surface area contributed by atoms with E-state index in [0.29, 0.717) is 5.39 Å². The molecule has 1 amide bonds. The Labute approximate surface area is 209 Å². The summed E-state index contributed by atoms with van der Waals surface area (Å²) in [5.41, 5.74) is -17.9. The number of amides is 1. The van der Waals surface area contributed by atoms with Crippen molar-refractivity contribution in [2.75, 3.05) is 5.06 Å². The number of hydrogen-bond acceptors (Lipinski definition) is 5. The number of pyridine rings is 1. The highest BCUT2D eigenvalue weighted by Gasteiger charge is 2.74. The van der Waals surface area contributed by atoms with Crippen LogP contribution in [0, 0.1) is 0 Å². The molecule has 0 saturated heterocycles. The summed E-state index contributed by atoms with van der Waals surface area (Å²) < 4.78 is 158. The van der Waals surface area contributed by atoms with Gasteiger partial charge in [-0.1, -0.05) is 23.7 Å². The molecule has 0 aliphatic carbocycles. The highest BCUT2D eigenvalue weighted by atomic mass is 35.5. The zero-order valence-electron chi connectivity index (χ0n) is 17.8. The lowest BCUT2D eigenvalue weighted by Crippen LogP contribution is -2.50. The summed E-state index contributed by atoms with van der Waals surface area (Å²) in [4.78, 5) is 14.1. The minimum absolute atomic E-state index is 0.0916. The van der Waals surface area contributed by atoms with Gasteiger partial charge in [-0.3, -0.25) is 15.0 Å². The highest BCUT2D eigenvalue weighted by molar-refractivity contribution is 7.92. The van der Waals surface area contributed by atoms with Crippen LogP contribution in [0.4, 0.5) is 49.6 Å². The Hall–Kier alpha value is -3.18. The van der Waals surface area contributed by atoms with Gasteiger partial charge >= 0.3 is 23.5 Å². The van der Waals surface area contributed by atoms with E-state index in [1.165, 1.54) is 24.4 Å². The second-order valence-electron chi connectivity index (χ2n) is 7.44. The Morgan fingerprint density at radius 2 is 1.47 bits per heavy atom. The van der Waals surface area contributed by atoms with Gasteiger partial charge in [0, 0.05) is 22.7 Å². The largest absolute Gasteiger partial charge is 0.501 e. The van der Waals surface area contributed by atoms with Gasteiger partial charge in [-0.15, -0.1) is 0 Å². The third-order valence-corrected chi connectivity index (χ3v) is 6.85. The first kappa shape index (κ1) is 29.4. The number of hydroxylamine groups is 1. The quantitative estimate of drug-likeness (QED) is 0.210. The van der Waals surface area contributed by atoms with Crippen molar-refractivity contribution in [1.82, 2.24) is 4.98 Å². The normalized spacial score (nSPS) is 13.6. The lowest BCUT2D eigenvalue weighted by Gasteiger charge is -2.31. The van der Waals surface area contributed by atoms with Crippen molar-refractivity contribution >= 4 is 43.9 Å². The second kappa shape index (κ2) is 9.23. The number of hydrogen-bond donors (Lipinski definition) is 1. The van der Waals surface area contributed by atoms with Gasteiger partial charge in [-0.25, -0.2) is 12.8 Å². The van der Waals surface area contributed by atoms with E-state index in [4.69, 9.17) is 11.6 Å². The predicted molar refractivity (Wildman–Crippen MR) is 110 cm³/mol. The maximum Gasteiger partial charge on any atom is 0.501 e. The van der Waals surface area contributed by atoms with Crippen LogP contribution in [0.1, 0.15) is 15.9 Å². The number of carbonyl (C=O) groups is 1. The van der Waals surface area contributed by atoms with Gasteiger partial charge in [0.1, 0.15) is 10.6 Å². The SMILES string of the molecule is O=C(c1ccc2cccnc2c1)N(O)c1c(Cl)cc(C(F)(C(F)(F)F)C(F)(F)F)cc1S(=O)(=O)C(F)(F)F. The summed E-state index contributed by atoms with van der Waals surface area (Å²) in [6, 6.07) is 4.74. The Balaban J connectivity index is 2.33. The minimum atomic E-state index is -6.95. The topological polar surface area (TPSA) is 87.6 Å². The molecule has 3 aromatic rings. The molecule has 0 aliphatic heterocycles. The molecule has 0 atom stereocenters. The molecule has 0 saturated carbocycles. The van der Waals surface area contributed by atoms with Crippen LogP contribution in [0.2, 0.25) is 5.02 Å². The van der Waals surface area contributed by atoms with Crippen LogP contribution in [0.3, 0.4) is 0 Å². The molecule has 1 aromatic heterocycles. The number of fused-ring (bicyclic) bond motifs is 1. The van der Waals surface area contributed by atoms with Gasteiger partial charge < -0.3 is 0 Å². The van der Waals surface area contributed by atoms with E-state index in [9.17, 15) is 62.3 Å². The monoisotopic (exact) mass is 598 g/mol. The summed E-state index contributed by atoms with van der Waals surface area (Å²) in [7, 11) is -6.95. The Morgan fingerprint density at radius 1 is 0.895 bits per heavy atom. The third-order valence-electron chi connectivity index (χ3n) is 5.06. The highest BCUT2D eigenvalue weighted by Crippen LogP contribution is 2.55. The smallest absolute Gasteiger partial charge is 0.281 e. The van der Waals surface area contributed by atoms with Crippen LogP contribution < -0.4 is 5.06 Å². The van der Waals surface area contributed by atoms with E-state index in [-0.39, 0.29) is 5.52 Å². The third kappa shape index (κ3) is 4.73. The molecule has 18 heteroatoms. The first-order valence-electron chi connectivity index (χ1n) is 9.50. The van der Waals surface area contributed by atoms with Crippen molar-refractivity contribution in [3.05, 3.63) is 64.8 Å². The summed E-state index contributed by atoms with van der Waals surface area (Å²) >= 11 is 5.52. The number of aromatic nitrogens is 1. The maximum absolute atomic E-state index is 14.6. The number of anilines is 1. The van der Waals surface area contributed by atoms with Gasteiger partial charge in [0.25, 0.3) is 15.7 Å². The fourth-order valence-corrected chi connectivity index (χ4v) is 4.56. The Morgan fingerprint density at radius 3 is 2.00 bits per heavy atom. The van der Waals surface area contributed by atoms with Crippen molar-refractivity contribution in [2.45, 2.75) is 28.4 Å². The van der Waals surface area contributed by atoms with Crippen molar-refractivity contribution in [2.24, 2.45) is 0 Å². The number of rotatable bonds is 4. The number of halogens is 11. The zero-order valence-corrected chi connectivity index (χ0v) is 19.3. The molecule has 1 heterocycles. The van der Waals surface area contributed by atoms with E-state index >= 15 is 0 Å². The predicted octanol–water partition coefficient (Wildman–Crippen LogP) is 6.51. The molecule has 0 fully saturated rings. The minimum Gasteiger partial charge on any atom is -0.281 e. The summed E-state index contributed by atoms with van der Waals surface area (Å²) in [5, 5.41) is 8.15. The molecule has 0 bridgehead atoms. The lowest BCUT2D eigenvalue weighted by atomic mass is 9.94. The van der Waals surface area contributed by atoms with Crippen molar-refractivity contribution in [1.29, 1.82) is 0 Å². The van der Waals surface area contributed by atoms with Crippen molar-refractivity contribution in [3.8, 4) is 0 Å². The van der Waals surface area contributed by atoms with Crippen LogP contribution in [-0.4, -0.2) is 42.4 Å². The maximum atomic E-state index is 14.6. The molecular weight excluding hydrogens is 590 g/mol. The molecule has 3 rings (SSSR count). The van der Waals surface area contributed by atoms with E-state index in [2.05, 4.69) is 4.98 Å². The van der Waals surface area contributed by atoms with Crippen LogP contribution in [0.5, 0.6) is 0 Å². The van der Waals surface area contributed by atoms with Crippen molar-refractivity contribution in [3.63, 3.8) is 0 Å². The van der Waals surface area contributed by atoms with E-state index in [1.807, 2.05) is 0 Å². The fraction of sp³-hybridized carbons (Fsp3) is 0.200. The Kier molecular flexibility index (Phi) is 7.14. The molecule has 6 nitrogen and oxygen atoms in total. The van der Waals surface area contributed by atoms with Crippen LogP contribution in [0.25, 0.3) is 10.9 Å². The molecule has 0 spiro atoms. The average molecular weight is 599 g/mol. The Bertz CT molecular complexity index is 1510. The summed E-state index contributed by atoms with van der Waals surface area (Å²) in [5.74, 6) is -1.72. The number of nitrogens with zero attached hydrogens (tertiary/aromatic N) is 2. The molecule has 0 unspecified atom stereocenters. The van der Waals surface area contributed by atoms with Crippen molar-refractivity contribution < 1.29 is 62.3 Å². The molecule has 206 valence electrons. The molecular formula is C20H9ClF10N2O4S. The van der Waals surface area contributed by atoms with Crippen LogP contribution in [0.15, 0.2) is 53.6 Å². The van der Waals surface area contributed by atoms with Gasteiger partial charge in [-0.2, -0.15) is 44.6 Å². The average Bonchev–Trinajstić information content (AvgIpc) is 2.79. The van der Waals surface area contributed by atoms with Crippen LogP contribution >= 0.6 is 11.6 Å². The molecule has 0 aliphatic rings. The number of benzene rings is 2. The van der Waals surface area contributed by atoms with Crippen LogP contribution in [-0.2, 0) is 15.5 Å². The zero-order chi connectivity index (χ0) is 29.1. The lowest BCUT2D eigenvalue weighted by molar-refractivity contribution is -0.348. The van der Waals surface area contributed by atoms with E-state index in [1.54, 1.807) is 0 Å². The molecule has 38 heavy (non-hydrogen) atoms. The number of alkyl halides is 10. The first-order valence-corrected chi connectivity index (χ1v) is 11.4. The summed E-state index contributed by atoms with van der Waals surface area (Å²) in [6.07, 6.45) is -12.5. The number of carbonyl (C=O) groups excluding carboxylic acids is 1. The number of sulfone groups is 1. The first-order chi connectivity index (χ1) is 17.1. The summed E-state index contributed by atoms with van der Waals surface area (Å²) in [6.45, 7) is 0. The van der Waals surface area contributed by atoms with Gasteiger partial charge in [0.15, 0.2) is 0 Å². The van der Waals surface area contributed by atoms with Gasteiger partial charge in [0.2, 0.25) is 0 Å². The van der Waals surface area contributed by atoms with E-state index < -0.39 is 83.2 Å². The second-order valence-corrected chi connectivity index (χ2v) is 9.75. The molecule has 0 radical (unpaired) electrons. The van der Waals surface area contributed by atoms with E-state index in [0.717, 1.165) is 12.1 Å². The molecule has 2 aromatic carbocycles. The fourth-order valence-electron chi connectivity index (χ4n) is 3.22. The van der Waals surface area contributed by atoms with Gasteiger partial charge in [0.05, 0.1) is 10.5 Å². The van der Waals surface area contributed by atoms with Gasteiger partial charge in [-0.05, 0) is 30.3 Å².